The number of pyridine rings is 1. The smallest absolute Gasteiger partial charge is 0.257 e. The van der Waals surface area contributed by atoms with Gasteiger partial charge in [-0.15, -0.1) is 0 Å². The van der Waals surface area contributed by atoms with Crippen molar-refractivity contribution in [2.75, 3.05) is 29.6 Å². The average Bonchev–Trinajstić information content (AvgIpc) is 2.70. The van der Waals surface area contributed by atoms with E-state index in [-0.39, 0.29) is 11.8 Å². The monoisotopic (exact) mass is 388 g/mol. The van der Waals surface area contributed by atoms with Crippen molar-refractivity contribution in [1.29, 1.82) is 0 Å². The van der Waals surface area contributed by atoms with Crippen LogP contribution < -0.4 is 15.5 Å². The molecule has 1 heterocycles. The highest BCUT2D eigenvalue weighted by Crippen LogP contribution is 2.18. The molecule has 0 saturated heterocycles. The molecule has 2 aromatic carbocycles. The molecule has 0 unspecified atom stereocenters. The van der Waals surface area contributed by atoms with Crippen LogP contribution in [0.3, 0.4) is 0 Å². The summed E-state index contributed by atoms with van der Waals surface area (Å²) in [7, 11) is 3.90. The molecule has 0 fully saturated rings. The Balaban J connectivity index is 1.72. The third-order valence-corrected chi connectivity index (χ3v) is 4.53. The fraction of sp³-hybridized carbons (Fsp3) is 0.174. The Morgan fingerprint density at radius 3 is 2.03 bits per heavy atom. The van der Waals surface area contributed by atoms with Gasteiger partial charge in [-0.2, -0.15) is 0 Å². The molecule has 0 radical (unpaired) electrons. The summed E-state index contributed by atoms with van der Waals surface area (Å²) in [6, 6.07) is 14.8. The van der Waals surface area contributed by atoms with Crippen molar-refractivity contribution in [3.63, 3.8) is 0 Å². The molecule has 0 atom stereocenters. The standard InChI is InChI=1S/C23H24N4O2/c1-15-5-10-21(16(2)11-15)26-23(29)18-12-17(13-24-14-18)22(28)25-19-6-8-20(9-7-19)27(3)4/h5-14H,1-4H3,(H,25,28)(H,26,29). The highest BCUT2D eigenvalue weighted by atomic mass is 16.2. The van der Waals surface area contributed by atoms with Gasteiger partial charge in [-0.05, 0) is 55.8 Å². The number of rotatable bonds is 5. The van der Waals surface area contributed by atoms with E-state index in [1.807, 2.05) is 75.3 Å². The molecule has 1 aromatic heterocycles. The van der Waals surface area contributed by atoms with Crippen LogP contribution in [-0.4, -0.2) is 30.9 Å². The van der Waals surface area contributed by atoms with Gasteiger partial charge in [-0.1, -0.05) is 17.7 Å². The molecule has 6 heteroatoms. The third kappa shape index (κ3) is 4.99. The van der Waals surface area contributed by atoms with Crippen LogP contribution in [0.25, 0.3) is 0 Å². The molecule has 29 heavy (non-hydrogen) atoms. The number of aryl methyl sites for hydroxylation is 2. The fourth-order valence-corrected chi connectivity index (χ4v) is 2.88. The van der Waals surface area contributed by atoms with Crippen molar-refractivity contribution in [1.82, 2.24) is 4.98 Å². The second kappa shape index (κ2) is 8.56. The highest BCUT2D eigenvalue weighted by molar-refractivity contribution is 6.08. The molecular weight excluding hydrogens is 364 g/mol. The quantitative estimate of drug-likeness (QED) is 0.685. The predicted molar refractivity (Wildman–Crippen MR) is 117 cm³/mol. The van der Waals surface area contributed by atoms with Gasteiger partial charge in [-0.3, -0.25) is 14.6 Å². The molecule has 3 rings (SSSR count). The van der Waals surface area contributed by atoms with Crippen molar-refractivity contribution in [3.8, 4) is 0 Å². The number of benzene rings is 2. The lowest BCUT2D eigenvalue weighted by Crippen LogP contribution is -2.16. The molecule has 2 amide bonds. The molecule has 0 saturated carbocycles. The van der Waals surface area contributed by atoms with Crippen molar-refractivity contribution in [2.45, 2.75) is 13.8 Å². The van der Waals surface area contributed by atoms with Crippen LogP contribution in [0.4, 0.5) is 17.1 Å². The van der Waals surface area contributed by atoms with Crippen molar-refractivity contribution in [2.24, 2.45) is 0 Å². The molecule has 6 nitrogen and oxygen atoms in total. The molecule has 0 aliphatic heterocycles. The number of aromatic nitrogens is 1. The minimum atomic E-state index is -0.323. The van der Waals surface area contributed by atoms with E-state index in [0.717, 1.165) is 22.5 Å². The number of nitrogens with one attached hydrogen (secondary N) is 2. The molecule has 0 aliphatic carbocycles. The Kier molecular flexibility index (Phi) is 5.93. The van der Waals surface area contributed by atoms with Gasteiger partial charge in [0.25, 0.3) is 11.8 Å². The zero-order chi connectivity index (χ0) is 21.0. The maximum absolute atomic E-state index is 12.6. The normalized spacial score (nSPS) is 10.3. The molecule has 3 aromatic rings. The van der Waals surface area contributed by atoms with Crippen LogP contribution in [0.2, 0.25) is 0 Å². The Morgan fingerprint density at radius 2 is 1.45 bits per heavy atom. The SMILES string of the molecule is Cc1ccc(NC(=O)c2cncc(C(=O)Nc3ccc(N(C)C)cc3)c2)c(C)c1. The van der Waals surface area contributed by atoms with Crippen LogP contribution in [0.1, 0.15) is 31.8 Å². The molecule has 148 valence electrons. The summed E-state index contributed by atoms with van der Waals surface area (Å²) in [4.78, 5) is 31.2. The van der Waals surface area contributed by atoms with E-state index in [9.17, 15) is 9.59 Å². The number of hydrogen-bond donors (Lipinski definition) is 2. The summed E-state index contributed by atoms with van der Waals surface area (Å²) in [6.45, 7) is 3.94. The number of hydrogen-bond acceptors (Lipinski definition) is 4. The third-order valence-electron chi connectivity index (χ3n) is 4.53. The number of carbonyl (C=O) groups excluding carboxylic acids is 2. The zero-order valence-electron chi connectivity index (χ0n) is 17.0. The van der Waals surface area contributed by atoms with Gasteiger partial charge >= 0.3 is 0 Å². The van der Waals surface area contributed by atoms with E-state index in [1.54, 1.807) is 0 Å². The van der Waals surface area contributed by atoms with E-state index in [4.69, 9.17) is 0 Å². The lowest BCUT2D eigenvalue weighted by molar-refractivity contribution is 0.102. The van der Waals surface area contributed by atoms with Gasteiger partial charge in [0.15, 0.2) is 0 Å². The summed E-state index contributed by atoms with van der Waals surface area (Å²) >= 11 is 0. The van der Waals surface area contributed by atoms with Crippen molar-refractivity contribution >= 4 is 28.9 Å². The Labute approximate surface area is 170 Å². The van der Waals surface area contributed by atoms with Crippen molar-refractivity contribution in [3.05, 3.63) is 83.2 Å². The second-order valence-electron chi connectivity index (χ2n) is 7.13. The zero-order valence-corrected chi connectivity index (χ0v) is 17.0. The summed E-state index contributed by atoms with van der Waals surface area (Å²) in [5.41, 5.74) is 5.17. The van der Waals surface area contributed by atoms with Crippen molar-refractivity contribution < 1.29 is 9.59 Å². The van der Waals surface area contributed by atoms with E-state index >= 15 is 0 Å². The van der Waals surface area contributed by atoms with Crippen LogP contribution >= 0.6 is 0 Å². The van der Waals surface area contributed by atoms with Gasteiger partial charge in [-0.25, -0.2) is 0 Å². The Morgan fingerprint density at radius 1 is 0.828 bits per heavy atom. The first-order chi connectivity index (χ1) is 13.8. The largest absolute Gasteiger partial charge is 0.378 e. The Bertz CT molecular complexity index is 1040. The number of anilines is 3. The lowest BCUT2D eigenvalue weighted by Gasteiger charge is -2.13. The number of carbonyl (C=O) groups is 2. The number of nitrogens with zero attached hydrogens (tertiary/aromatic N) is 2. The van der Waals surface area contributed by atoms with Gasteiger partial charge in [0.1, 0.15) is 0 Å². The van der Waals surface area contributed by atoms with E-state index in [0.29, 0.717) is 16.8 Å². The average molecular weight is 388 g/mol. The molecular formula is C23H24N4O2. The first kappa shape index (κ1) is 20.1. The number of amides is 2. The summed E-state index contributed by atoms with van der Waals surface area (Å²) in [5, 5.41) is 5.70. The highest BCUT2D eigenvalue weighted by Gasteiger charge is 2.13. The van der Waals surface area contributed by atoms with Crippen LogP contribution in [0.5, 0.6) is 0 Å². The maximum Gasteiger partial charge on any atom is 0.257 e. The lowest BCUT2D eigenvalue weighted by atomic mass is 10.1. The molecule has 0 spiro atoms. The fourth-order valence-electron chi connectivity index (χ4n) is 2.88. The predicted octanol–water partition coefficient (Wildman–Crippen LogP) is 4.27. The second-order valence-corrected chi connectivity index (χ2v) is 7.13. The van der Waals surface area contributed by atoms with E-state index < -0.39 is 0 Å². The van der Waals surface area contributed by atoms with Gasteiger partial charge in [0, 0.05) is 43.6 Å². The minimum Gasteiger partial charge on any atom is -0.378 e. The minimum absolute atomic E-state index is 0.311. The molecule has 0 aliphatic rings. The summed E-state index contributed by atoms with van der Waals surface area (Å²) in [5.74, 6) is -0.634. The molecule has 2 N–H and O–H groups in total. The van der Waals surface area contributed by atoms with Gasteiger partial charge in [0.2, 0.25) is 0 Å². The van der Waals surface area contributed by atoms with E-state index in [2.05, 4.69) is 15.6 Å². The van der Waals surface area contributed by atoms with E-state index in [1.165, 1.54) is 18.5 Å². The summed E-state index contributed by atoms with van der Waals surface area (Å²) < 4.78 is 0. The first-order valence-electron chi connectivity index (χ1n) is 9.26. The van der Waals surface area contributed by atoms with Crippen LogP contribution in [0, 0.1) is 13.8 Å². The first-order valence-corrected chi connectivity index (χ1v) is 9.26. The maximum atomic E-state index is 12.6. The van der Waals surface area contributed by atoms with Gasteiger partial charge < -0.3 is 15.5 Å². The van der Waals surface area contributed by atoms with Crippen LogP contribution in [-0.2, 0) is 0 Å². The van der Waals surface area contributed by atoms with Crippen LogP contribution in [0.15, 0.2) is 60.9 Å². The molecule has 0 bridgehead atoms. The Hall–Kier alpha value is -3.67. The van der Waals surface area contributed by atoms with Gasteiger partial charge in [0.05, 0.1) is 11.1 Å². The topological polar surface area (TPSA) is 74.3 Å². The summed E-state index contributed by atoms with van der Waals surface area (Å²) in [6.07, 6.45) is 2.89.